The highest BCUT2D eigenvalue weighted by Crippen LogP contribution is 2.29. The first-order valence-electron chi connectivity index (χ1n) is 9.86. The maximum absolute atomic E-state index is 12.2. The van der Waals surface area contributed by atoms with Gasteiger partial charge in [0.2, 0.25) is 0 Å². The number of aryl methyl sites for hydroxylation is 2. The minimum atomic E-state index is -0.586. The molecule has 7 nitrogen and oxygen atoms in total. The molecule has 0 saturated carbocycles. The number of hydrogen-bond acceptors (Lipinski definition) is 6. The summed E-state index contributed by atoms with van der Waals surface area (Å²) >= 11 is 0. The van der Waals surface area contributed by atoms with E-state index in [1.807, 2.05) is 45.0 Å². The summed E-state index contributed by atoms with van der Waals surface area (Å²) in [5, 5.41) is 11.9. The van der Waals surface area contributed by atoms with Crippen molar-refractivity contribution in [2.75, 3.05) is 20.3 Å². The molecule has 0 aliphatic rings. The second-order valence-electron chi connectivity index (χ2n) is 6.92. The van der Waals surface area contributed by atoms with Gasteiger partial charge in [-0.2, -0.15) is 5.26 Å². The monoisotopic (exact) mass is 422 g/mol. The van der Waals surface area contributed by atoms with E-state index in [0.717, 1.165) is 17.5 Å². The zero-order valence-corrected chi connectivity index (χ0v) is 18.2. The number of carbonyl (C=O) groups excluding carboxylic acids is 2. The molecule has 0 aromatic heterocycles. The minimum absolute atomic E-state index is 0.0258. The van der Waals surface area contributed by atoms with E-state index in [4.69, 9.17) is 14.2 Å². The average Bonchev–Trinajstić information content (AvgIpc) is 2.74. The predicted octanol–water partition coefficient (Wildman–Crippen LogP) is 3.73. The highest BCUT2D eigenvalue weighted by atomic mass is 16.6. The standard InChI is InChI=1S/C24H26N2O5/c1-5-8-26-24(28)19(14-25)12-18-6-7-21(22(13-18)29-4)31-23(27)15-30-20-10-16(2)9-17(3)11-20/h6-7,9-13H,5,8,15H2,1-4H3,(H,26,28)/b19-12+. The van der Waals surface area contributed by atoms with Crippen molar-refractivity contribution < 1.29 is 23.8 Å². The van der Waals surface area contributed by atoms with Crippen LogP contribution in [0.2, 0.25) is 0 Å². The minimum Gasteiger partial charge on any atom is -0.493 e. The van der Waals surface area contributed by atoms with Gasteiger partial charge in [-0.3, -0.25) is 4.79 Å². The third-order valence-electron chi connectivity index (χ3n) is 4.18. The summed E-state index contributed by atoms with van der Waals surface area (Å²) in [5.41, 5.74) is 2.61. The molecule has 0 unspecified atom stereocenters. The van der Waals surface area contributed by atoms with E-state index >= 15 is 0 Å². The molecule has 0 atom stereocenters. The molecule has 31 heavy (non-hydrogen) atoms. The van der Waals surface area contributed by atoms with Gasteiger partial charge in [0, 0.05) is 6.54 Å². The quantitative estimate of drug-likeness (QED) is 0.286. The van der Waals surface area contributed by atoms with Gasteiger partial charge in [0.05, 0.1) is 7.11 Å². The summed E-state index contributed by atoms with van der Waals surface area (Å²) in [7, 11) is 1.44. The predicted molar refractivity (Wildman–Crippen MR) is 117 cm³/mol. The lowest BCUT2D eigenvalue weighted by molar-refractivity contribution is -0.136. The molecule has 0 bridgehead atoms. The Morgan fingerprint density at radius 2 is 1.81 bits per heavy atom. The largest absolute Gasteiger partial charge is 0.493 e. The van der Waals surface area contributed by atoms with Gasteiger partial charge in [-0.1, -0.05) is 19.1 Å². The Hall–Kier alpha value is -3.79. The zero-order chi connectivity index (χ0) is 22.8. The SMILES string of the molecule is CCCNC(=O)/C(C#N)=C/c1ccc(OC(=O)COc2cc(C)cc(C)c2)c(OC)c1. The summed E-state index contributed by atoms with van der Waals surface area (Å²) in [6, 6.07) is 12.3. The number of ether oxygens (including phenoxy) is 3. The Kier molecular flexibility index (Phi) is 8.64. The second kappa shape index (κ2) is 11.4. The average molecular weight is 422 g/mol. The van der Waals surface area contributed by atoms with Gasteiger partial charge in [0.25, 0.3) is 5.91 Å². The third-order valence-corrected chi connectivity index (χ3v) is 4.18. The zero-order valence-electron chi connectivity index (χ0n) is 18.2. The van der Waals surface area contributed by atoms with Gasteiger partial charge in [-0.15, -0.1) is 0 Å². The number of nitrogens with one attached hydrogen (secondary N) is 1. The molecule has 0 aliphatic heterocycles. The lowest BCUT2D eigenvalue weighted by Gasteiger charge is -2.11. The van der Waals surface area contributed by atoms with E-state index in [9.17, 15) is 14.9 Å². The van der Waals surface area contributed by atoms with Crippen LogP contribution < -0.4 is 19.5 Å². The highest BCUT2D eigenvalue weighted by Gasteiger charge is 2.13. The van der Waals surface area contributed by atoms with Crippen molar-refractivity contribution in [1.29, 1.82) is 5.26 Å². The van der Waals surface area contributed by atoms with Crippen molar-refractivity contribution in [1.82, 2.24) is 5.32 Å². The molecular weight excluding hydrogens is 396 g/mol. The van der Waals surface area contributed by atoms with Gasteiger partial charge < -0.3 is 19.5 Å². The highest BCUT2D eigenvalue weighted by molar-refractivity contribution is 6.01. The molecule has 1 N–H and O–H groups in total. The van der Waals surface area contributed by atoms with Crippen LogP contribution in [0, 0.1) is 25.2 Å². The van der Waals surface area contributed by atoms with Gasteiger partial charge in [0.15, 0.2) is 18.1 Å². The van der Waals surface area contributed by atoms with Gasteiger partial charge >= 0.3 is 5.97 Å². The summed E-state index contributed by atoms with van der Waals surface area (Å²) in [5.74, 6) is 0.0643. The molecule has 2 rings (SSSR count). The fourth-order valence-electron chi connectivity index (χ4n) is 2.82. The van der Waals surface area contributed by atoms with Crippen LogP contribution in [0.15, 0.2) is 42.0 Å². The number of rotatable bonds is 9. The number of esters is 1. The second-order valence-corrected chi connectivity index (χ2v) is 6.92. The molecule has 0 radical (unpaired) electrons. The lowest BCUT2D eigenvalue weighted by atomic mass is 10.1. The van der Waals surface area contributed by atoms with Crippen LogP contribution >= 0.6 is 0 Å². The molecule has 2 aromatic carbocycles. The Balaban J connectivity index is 2.08. The summed E-state index contributed by atoms with van der Waals surface area (Å²) in [6.45, 7) is 6.05. The van der Waals surface area contributed by atoms with Crippen molar-refractivity contribution in [3.05, 3.63) is 58.7 Å². The smallest absolute Gasteiger partial charge is 0.349 e. The number of carbonyl (C=O) groups is 2. The maximum Gasteiger partial charge on any atom is 0.349 e. The Morgan fingerprint density at radius 1 is 1.10 bits per heavy atom. The van der Waals surface area contributed by atoms with Crippen LogP contribution in [-0.4, -0.2) is 32.1 Å². The van der Waals surface area contributed by atoms with Crippen molar-refractivity contribution in [2.24, 2.45) is 0 Å². The molecule has 0 aliphatic carbocycles. The summed E-state index contributed by atoms with van der Waals surface area (Å²) in [4.78, 5) is 24.2. The van der Waals surface area contributed by atoms with Crippen LogP contribution in [0.4, 0.5) is 0 Å². The molecule has 0 heterocycles. The van der Waals surface area contributed by atoms with Crippen molar-refractivity contribution in [3.63, 3.8) is 0 Å². The number of methoxy groups -OCH3 is 1. The number of benzene rings is 2. The van der Waals surface area contributed by atoms with Crippen LogP contribution in [0.5, 0.6) is 17.2 Å². The normalized spacial score (nSPS) is 10.7. The fourth-order valence-corrected chi connectivity index (χ4v) is 2.82. The molecule has 0 fully saturated rings. The van der Waals surface area contributed by atoms with Crippen LogP contribution in [0.25, 0.3) is 6.08 Å². The number of nitriles is 1. The first-order valence-corrected chi connectivity index (χ1v) is 9.86. The molecule has 162 valence electrons. The third kappa shape index (κ3) is 7.19. The van der Waals surface area contributed by atoms with Gasteiger partial charge in [-0.05, 0) is 67.3 Å². The molecule has 0 saturated heterocycles. The van der Waals surface area contributed by atoms with E-state index in [-0.39, 0.29) is 17.9 Å². The van der Waals surface area contributed by atoms with E-state index in [1.54, 1.807) is 18.2 Å². The first-order chi connectivity index (χ1) is 14.9. The fraction of sp³-hybridized carbons (Fsp3) is 0.292. The van der Waals surface area contributed by atoms with E-state index in [2.05, 4.69) is 5.32 Å². The molecular formula is C24H26N2O5. The summed E-state index contributed by atoms with van der Waals surface area (Å²) < 4.78 is 16.2. The molecule has 2 aromatic rings. The number of nitrogens with zero attached hydrogens (tertiary/aromatic N) is 1. The first kappa shape index (κ1) is 23.5. The van der Waals surface area contributed by atoms with E-state index in [0.29, 0.717) is 23.6 Å². The van der Waals surface area contributed by atoms with E-state index < -0.39 is 11.9 Å². The van der Waals surface area contributed by atoms with Gasteiger partial charge in [-0.25, -0.2) is 4.79 Å². The molecule has 0 spiro atoms. The Bertz CT molecular complexity index is 1000. The van der Waals surface area contributed by atoms with Crippen molar-refractivity contribution in [3.8, 4) is 23.3 Å². The molecule has 7 heteroatoms. The van der Waals surface area contributed by atoms with Crippen LogP contribution in [0.1, 0.15) is 30.0 Å². The van der Waals surface area contributed by atoms with Crippen molar-refractivity contribution >= 4 is 18.0 Å². The van der Waals surface area contributed by atoms with Crippen LogP contribution in [-0.2, 0) is 9.59 Å². The Labute approximate surface area is 182 Å². The van der Waals surface area contributed by atoms with Crippen molar-refractivity contribution in [2.45, 2.75) is 27.2 Å². The number of hydrogen-bond donors (Lipinski definition) is 1. The topological polar surface area (TPSA) is 97.7 Å². The Morgan fingerprint density at radius 3 is 2.42 bits per heavy atom. The maximum atomic E-state index is 12.2. The van der Waals surface area contributed by atoms with Crippen LogP contribution in [0.3, 0.4) is 0 Å². The van der Waals surface area contributed by atoms with Gasteiger partial charge in [0.1, 0.15) is 17.4 Å². The van der Waals surface area contributed by atoms with E-state index in [1.165, 1.54) is 13.2 Å². The lowest BCUT2D eigenvalue weighted by Crippen LogP contribution is -2.25. The number of amides is 1. The molecule has 1 amide bonds. The summed E-state index contributed by atoms with van der Waals surface area (Å²) in [6.07, 6.45) is 2.22.